The Labute approximate surface area is 182 Å². The van der Waals surface area contributed by atoms with Gasteiger partial charge in [0, 0.05) is 69.8 Å². The second-order valence-corrected chi connectivity index (χ2v) is 8.24. The van der Waals surface area contributed by atoms with E-state index in [2.05, 4.69) is 27.8 Å². The van der Waals surface area contributed by atoms with Gasteiger partial charge in [-0.05, 0) is 49.2 Å². The molecule has 0 atom stereocenters. The number of aryl methyl sites for hydroxylation is 2. The predicted molar refractivity (Wildman–Crippen MR) is 120 cm³/mol. The van der Waals surface area contributed by atoms with E-state index in [4.69, 9.17) is 5.11 Å². The summed E-state index contributed by atoms with van der Waals surface area (Å²) >= 11 is 0. The molecule has 2 aliphatic heterocycles. The normalized spacial score (nSPS) is 17.1. The summed E-state index contributed by atoms with van der Waals surface area (Å²) in [7, 11) is 0. The number of carbonyl (C=O) groups is 2. The molecule has 0 radical (unpaired) electrons. The molecular weight excluding hydrogens is 394 g/mol. The Morgan fingerprint density at radius 2 is 1.42 bits per heavy atom. The Morgan fingerprint density at radius 1 is 0.839 bits per heavy atom. The molecule has 0 aliphatic carbocycles. The number of amides is 2. The summed E-state index contributed by atoms with van der Waals surface area (Å²) < 4.78 is 0. The molecule has 31 heavy (non-hydrogen) atoms. The first-order valence-corrected chi connectivity index (χ1v) is 10.7. The van der Waals surface area contributed by atoms with Gasteiger partial charge in [-0.2, -0.15) is 0 Å². The van der Waals surface area contributed by atoms with Crippen LogP contribution in [0.5, 0.6) is 0 Å². The van der Waals surface area contributed by atoms with E-state index >= 15 is 0 Å². The molecule has 1 aromatic heterocycles. The molecule has 0 saturated carbocycles. The van der Waals surface area contributed by atoms with Crippen LogP contribution in [-0.4, -0.2) is 84.2 Å². The second kappa shape index (κ2) is 8.83. The number of benzene rings is 1. The molecule has 1 aromatic carbocycles. The third-order valence-corrected chi connectivity index (χ3v) is 6.08. The molecular formula is C23H29N5O3. The van der Waals surface area contributed by atoms with E-state index in [9.17, 15) is 9.59 Å². The van der Waals surface area contributed by atoms with Crippen molar-refractivity contribution in [1.29, 1.82) is 0 Å². The summed E-state index contributed by atoms with van der Waals surface area (Å²) in [5.41, 5.74) is 4.03. The number of piperazine rings is 2. The van der Waals surface area contributed by atoms with E-state index in [-0.39, 0.29) is 5.91 Å². The number of pyridine rings is 1. The maximum atomic E-state index is 13.0. The predicted octanol–water partition coefficient (Wildman–Crippen LogP) is 2.46. The summed E-state index contributed by atoms with van der Waals surface area (Å²) in [6.45, 7) is 9.33. The molecule has 2 aliphatic rings. The van der Waals surface area contributed by atoms with Gasteiger partial charge >= 0.3 is 6.09 Å². The average Bonchev–Trinajstić information content (AvgIpc) is 2.79. The zero-order valence-electron chi connectivity index (χ0n) is 18.1. The Kier molecular flexibility index (Phi) is 5.97. The van der Waals surface area contributed by atoms with Crippen LogP contribution in [0.15, 0.2) is 36.5 Å². The van der Waals surface area contributed by atoms with Crippen LogP contribution in [0.1, 0.15) is 21.5 Å². The molecule has 0 bridgehead atoms. The number of aromatic nitrogens is 1. The number of nitrogens with zero attached hydrogens (tertiary/aromatic N) is 5. The minimum absolute atomic E-state index is 0.0514. The van der Waals surface area contributed by atoms with Crippen molar-refractivity contribution in [3.63, 3.8) is 0 Å². The van der Waals surface area contributed by atoms with Crippen LogP contribution in [-0.2, 0) is 0 Å². The molecule has 2 amide bonds. The van der Waals surface area contributed by atoms with Gasteiger partial charge < -0.3 is 24.7 Å². The van der Waals surface area contributed by atoms with E-state index in [0.29, 0.717) is 44.8 Å². The highest BCUT2D eigenvalue weighted by Crippen LogP contribution is 2.21. The van der Waals surface area contributed by atoms with Crippen LogP contribution in [0, 0.1) is 13.8 Å². The van der Waals surface area contributed by atoms with Gasteiger partial charge in [-0.15, -0.1) is 0 Å². The minimum Gasteiger partial charge on any atom is -0.465 e. The van der Waals surface area contributed by atoms with Crippen LogP contribution >= 0.6 is 0 Å². The summed E-state index contributed by atoms with van der Waals surface area (Å²) in [5, 5.41) is 9.08. The summed E-state index contributed by atoms with van der Waals surface area (Å²) in [4.78, 5) is 36.3. The fourth-order valence-corrected chi connectivity index (χ4v) is 4.31. The van der Waals surface area contributed by atoms with Crippen LogP contribution in [0.2, 0.25) is 0 Å². The highest BCUT2D eigenvalue weighted by Gasteiger charge is 2.24. The van der Waals surface area contributed by atoms with Crippen LogP contribution in [0.3, 0.4) is 0 Å². The fraction of sp³-hybridized carbons (Fsp3) is 0.435. The van der Waals surface area contributed by atoms with Crippen molar-refractivity contribution < 1.29 is 14.7 Å². The largest absolute Gasteiger partial charge is 0.465 e. The molecule has 3 heterocycles. The molecule has 8 nitrogen and oxygen atoms in total. The first kappa shape index (κ1) is 21.0. The van der Waals surface area contributed by atoms with Crippen molar-refractivity contribution in [3.05, 3.63) is 53.2 Å². The van der Waals surface area contributed by atoms with E-state index in [1.165, 1.54) is 10.5 Å². The van der Waals surface area contributed by atoms with Gasteiger partial charge in [0.2, 0.25) is 0 Å². The second-order valence-electron chi connectivity index (χ2n) is 8.24. The van der Waals surface area contributed by atoms with Crippen LogP contribution < -0.4 is 9.80 Å². The number of rotatable bonds is 3. The van der Waals surface area contributed by atoms with E-state index in [0.717, 1.165) is 30.2 Å². The van der Waals surface area contributed by atoms with Crippen molar-refractivity contribution >= 4 is 23.5 Å². The minimum atomic E-state index is -0.867. The maximum absolute atomic E-state index is 13.0. The number of carbonyl (C=O) groups excluding carboxylic acids is 1. The molecule has 164 valence electrons. The Morgan fingerprint density at radius 3 is 2.00 bits per heavy atom. The van der Waals surface area contributed by atoms with Crippen molar-refractivity contribution in [2.45, 2.75) is 13.8 Å². The highest BCUT2D eigenvalue weighted by molar-refractivity contribution is 5.94. The highest BCUT2D eigenvalue weighted by atomic mass is 16.4. The van der Waals surface area contributed by atoms with Gasteiger partial charge in [0.1, 0.15) is 5.82 Å². The third kappa shape index (κ3) is 4.57. The Bertz CT molecular complexity index is 946. The van der Waals surface area contributed by atoms with E-state index < -0.39 is 6.09 Å². The van der Waals surface area contributed by atoms with Crippen LogP contribution in [0.4, 0.5) is 16.3 Å². The van der Waals surface area contributed by atoms with Gasteiger partial charge in [0.15, 0.2) is 0 Å². The zero-order chi connectivity index (χ0) is 22.0. The van der Waals surface area contributed by atoms with Crippen molar-refractivity contribution in [2.24, 2.45) is 0 Å². The lowest BCUT2D eigenvalue weighted by atomic mass is 10.1. The molecule has 2 aromatic rings. The summed E-state index contributed by atoms with van der Waals surface area (Å²) in [6, 6.07) is 9.81. The Hall–Kier alpha value is -3.29. The number of hydrogen-bond acceptors (Lipinski definition) is 5. The number of hydrogen-bond donors (Lipinski definition) is 1. The standard InChI is InChI=1S/C23H29N5O3/c1-17-15-18(2)21(24-16-17)26-9-11-27(12-10-26)22(29)19-3-5-20(6-4-19)25-7-13-28(14-8-25)23(30)31/h3-6,15-16H,7-14H2,1-2H3,(H,30,31). The molecule has 2 saturated heterocycles. The SMILES string of the molecule is Cc1cnc(N2CCN(C(=O)c3ccc(N4CCN(C(=O)O)CC4)cc3)CC2)c(C)c1. The first-order chi connectivity index (χ1) is 14.9. The first-order valence-electron chi connectivity index (χ1n) is 10.7. The molecule has 2 fully saturated rings. The van der Waals surface area contributed by atoms with Crippen molar-refractivity contribution in [1.82, 2.24) is 14.8 Å². The Balaban J connectivity index is 1.33. The lowest BCUT2D eigenvalue weighted by Gasteiger charge is -2.36. The van der Waals surface area contributed by atoms with Crippen molar-refractivity contribution in [2.75, 3.05) is 62.2 Å². The third-order valence-electron chi connectivity index (χ3n) is 6.08. The zero-order valence-corrected chi connectivity index (χ0v) is 18.1. The van der Waals surface area contributed by atoms with Crippen molar-refractivity contribution in [3.8, 4) is 0 Å². The monoisotopic (exact) mass is 423 g/mol. The molecule has 4 rings (SSSR count). The maximum Gasteiger partial charge on any atom is 0.407 e. The molecule has 0 unspecified atom stereocenters. The van der Waals surface area contributed by atoms with Gasteiger partial charge in [0.05, 0.1) is 0 Å². The molecule has 0 spiro atoms. The smallest absolute Gasteiger partial charge is 0.407 e. The van der Waals surface area contributed by atoms with Gasteiger partial charge in [0.25, 0.3) is 5.91 Å². The molecule has 8 heteroatoms. The van der Waals surface area contributed by atoms with Crippen LogP contribution in [0.25, 0.3) is 0 Å². The van der Waals surface area contributed by atoms with E-state index in [1.807, 2.05) is 42.3 Å². The lowest BCUT2D eigenvalue weighted by molar-refractivity contribution is 0.0746. The summed E-state index contributed by atoms with van der Waals surface area (Å²) in [5.74, 6) is 1.06. The van der Waals surface area contributed by atoms with Gasteiger partial charge in [-0.3, -0.25) is 4.79 Å². The van der Waals surface area contributed by atoms with Gasteiger partial charge in [-0.1, -0.05) is 6.07 Å². The molecule has 1 N–H and O–H groups in total. The quantitative estimate of drug-likeness (QED) is 0.817. The lowest BCUT2D eigenvalue weighted by Crippen LogP contribution is -2.49. The number of carboxylic acid groups (broad SMARTS) is 1. The summed E-state index contributed by atoms with van der Waals surface area (Å²) in [6.07, 6.45) is 1.03. The average molecular weight is 424 g/mol. The topological polar surface area (TPSA) is 80.2 Å². The number of anilines is 2. The fourth-order valence-electron chi connectivity index (χ4n) is 4.31. The van der Waals surface area contributed by atoms with Gasteiger partial charge in [-0.25, -0.2) is 9.78 Å². The van der Waals surface area contributed by atoms with E-state index in [1.54, 1.807) is 0 Å².